The minimum Gasteiger partial charge on any atom is -0.497 e. The van der Waals surface area contributed by atoms with Crippen molar-refractivity contribution < 1.29 is 39.1 Å². The van der Waals surface area contributed by atoms with Crippen molar-refractivity contribution in [3.8, 4) is 23.0 Å². The minimum absolute atomic E-state index is 0.253. The number of ether oxygens (including phenoxy) is 4. The highest BCUT2D eigenvalue weighted by atomic mass is 16.5. The summed E-state index contributed by atoms with van der Waals surface area (Å²) in [7, 11) is 4.52. The Kier molecular flexibility index (Phi) is 5.81. The molecule has 8 nitrogen and oxygen atoms in total. The molecule has 3 aromatic carbocycles. The summed E-state index contributed by atoms with van der Waals surface area (Å²) in [5.74, 6) is -1.09. The Labute approximate surface area is 208 Å². The molecule has 1 saturated carbocycles. The van der Waals surface area contributed by atoms with E-state index in [1.165, 1.54) is 14.2 Å². The third-order valence-electron chi connectivity index (χ3n) is 7.50. The molecule has 0 amide bonds. The number of carbonyl (C=O) groups is 1. The second-order valence-electron chi connectivity index (χ2n) is 9.13. The Balaban J connectivity index is 1.86. The maximum atomic E-state index is 12.7. The van der Waals surface area contributed by atoms with Gasteiger partial charge in [-0.3, -0.25) is 4.79 Å². The normalized spacial score (nSPS) is 28.1. The molecule has 0 saturated heterocycles. The Morgan fingerprint density at radius 3 is 2.19 bits per heavy atom. The molecule has 1 aliphatic carbocycles. The van der Waals surface area contributed by atoms with Crippen molar-refractivity contribution in [2.24, 2.45) is 5.92 Å². The zero-order valence-corrected chi connectivity index (χ0v) is 20.2. The average Bonchev–Trinajstić information content (AvgIpc) is 3.26. The fourth-order valence-electron chi connectivity index (χ4n) is 6.07. The molecule has 1 fully saturated rings. The molecule has 36 heavy (non-hydrogen) atoms. The Morgan fingerprint density at radius 2 is 1.61 bits per heavy atom. The first kappa shape index (κ1) is 24.0. The molecule has 0 unspecified atom stereocenters. The number of benzene rings is 3. The lowest BCUT2D eigenvalue weighted by Gasteiger charge is -2.41. The lowest BCUT2D eigenvalue weighted by Crippen LogP contribution is -2.52. The van der Waals surface area contributed by atoms with Gasteiger partial charge in [-0.1, -0.05) is 42.5 Å². The molecule has 1 aliphatic heterocycles. The van der Waals surface area contributed by atoms with E-state index in [9.17, 15) is 20.1 Å². The number of methoxy groups -OCH3 is 3. The highest BCUT2D eigenvalue weighted by Gasteiger charge is 2.76. The molecule has 8 heteroatoms. The molecule has 188 valence electrons. The van der Waals surface area contributed by atoms with Gasteiger partial charge in [-0.15, -0.1) is 0 Å². The van der Waals surface area contributed by atoms with Crippen molar-refractivity contribution in [2.45, 2.75) is 29.6 Å². The molecule has 5 rings (SSSR count). The zero-order valence-electron chi connectivity index (χ0n) is 20.2. The van der Waals surface area contributed by atoms with Crippen LogP contribution >= 0.6 is 0 Å². The van der Waals surface area contributed by atoms with E-state index < -0.39 is 35.1 Å². The number of carboxylic acids is 1. The fourth-order valence-corrected chi connectivity index (χ4v) is 6.07. The molecule has 2 aliphatic rings. The lowest BCUT2D eigenvalue weighted by atomic mass is 9.70. The number of aliphatic hydroxyl groups excluding tert-OH is 1. The number of rotatable bonds is 7. The van der Waals surface area contributed by atoms with Gasteiger partial charge in [0.2, 0.25) is 0 Å². The molecule has 0 aromatic heterocycles. The molecule has 1 heterocycles. The summed E-state index contributed by atoms with van der Waals surface area (Å²) < 4.78 is 23.1. The molecular formula is C28H28O8. The smallest absolute Gasteiger partial charge is 0.303 e. The maximum Gasteiger partial charge on any atom is 0.303 e. The van der Waals surface area contributed by atoms with Crippen molar-refractivity contribution >= 4 is 5.97 Å². The largest absolute Gasteiger partial charge is 0.497 e. The summed E-state index contributed by atoms with van der Waals surface area (Å²) in [5, 5.41) is 34.3. The van der Waals surface area contributed by atoms with E-state index in [2.05, 4.69) is 0 Å². The topological polar surface area (TPSA) is 115 Å². The van der Waals surface area contributed by atoms with Crippen LogP contribution in [0.5, 0.6) is 23.0 Å². The van der Waals surface area contributed by atoms with Crippen LogP contribution in [0.2, 0.25) is 0 Å². The second kappa shape index (κ2) is 8.72. The van der Waals surface area contributed by atoms with Crippen LogP contribution in [-0.4, -0.2) is 48.7 Å². The van der Waals surface area contributed by atoms with E-state index in [0.717, 1.165) is 5.56 Å². The van der Waals surface area contributed by atoms with Gasteiger partial charge in [-0.25, -0.2) is 0 Å². The highest BCUT2D eigenvalue weighted by molar-refractivity contribution is 5.69. The number of hydrogen-bond acceptors (Lipinski definition) is 7. The van der Waals surface area contributed by atoms with Gasteiger partial charge in [-0.2, -0.15) is 0 Å². The second-order valence-corrected chi connectivity index (χ2v) is 9.13. The predicted molar refractivity (Wildman–Crippen MR) is 130 cm³/mol. The van der Waals surface area contributed by atoms with E-state index in [0.29, 0.717) is 22.8 Å². The van der Waals surface area contributed by atoms with Crippen molar-refractivity contribution in [1.29, 1.82) is 0 Å². The van der Waals surface area contributed by atoms with Gasteiger partial charge in [0.05, 0.1) is 39.4 Å². The van der Waals surface area contributed by atoms with Gasteiger partial charge in [-0.05, 0) is 23.3 Å². The maximum absolute atomic E-state index is 12.7. The predicted octanol–water partition coefficient (Wildman–Crippen LogP) is 3.44. The van der Waals surface area contributed by atoms with Crippen LogP contribution in [0, 0.1) is 5.92 Å². The number of hydrogen-bond donors (Lipinski definition) is 3. The van der Waals surface area contributed by atoms with Crippen LogP contribution in [0.1, 0.15) is 29.0 Å². The number of aliphatic carboxylic acids is 1. The van der Waals surface area contributed by atoms with E-state index in [1.54, 1.807) is 43.5 Å². The van der Waals surface area contributed by atoms with Crippen LogP contribution < -0.4 is 18.9 Å². The van der Waals surface area contributed by atoms with Gasteiger partial charge < -0.3 is 34.3 Å². The van der Waals surface area contributed by atoms with Gasteiger partial charge in [0.1, 0.15) is 23.0 Å². The fraction of sp³-hybridized carbons (Fsp3) is 0.321. The monoisotopic (exact) mass is 492 g/mol. The van der Waals surface area contributed by atoms with Gasteiger partial charge in [0, 0.05) is 24.0 Å². The Bertz CT molecular complexity index is 1270. The van der Waals surface area contributed by atoms with E-state index in [4.69, 9.17) is 18.9 Å². The first-order valence-electron chi connectivity index (χ1n) is 11.6. The molecule has 3 aromatic rings. The van der Waals surface area contributed by atoms with Gasteiger partial charge in [0.25, 0.3) is 0 Å². The number of fused-ring (bicyclic) bond motifs is 3. The standard InChI is InChI=1S/C28H28O8/c1-33-18-11-9-17(10-12-18)28-24(16-7-5-4-6-8-16)20(15-23(29)30)26(31)27(28,32)25-21(35-3)13-19(34-2)14-22(25)36-28/h4-14,20,24,26,31-32H,15H2,1-3H3,(H,29,30)/t20-,24-,26-,27+,28+/m1/s1. The van der Waals surface area contributed by atoms with Crippen LogP contribution in [-0.2, 0) is 16.0 Å². The van der Waals surface area contributed by atoms with Crippen LogP contribution in [0.3, 0.4) is 0 Å². The van der Waals surface area contributed by atoms with Gasteiger partial charge >= 0.3 is 5.97 Å². The lowest BCUT2D eigenvalue weighted by molar-refractivity contribution is -0.154. The van der Waals surface area contributed by atoms with E-state index in [1.807, 2.05) is 30.3 Å². The van der Waals surface area contributed by atoms with Crippen molar-refractivity contribution in [1.82, 2.24) is 0 Å². The Morgan fingerprint density at radius 1 is 0.944 bits per heavy atom. The van der Waals surface area contributed by atoms with Gasteiger partial charge in [0.15, 0.2) is 11.2 Å². The minimum atomic E-state index is -2.05. The highest BCUT2D eigenvalue weighted by Crippen LogP contribution is 2.70. The van der Waals surface area contributed by atoms with Crippen molar-refractivity contribution in [3.05, 3.63) is 83.4 Å². The van der Waals surface area contributed by atoms with E-state index in [-0.39, 0.29) is 17.7 Å². The van der Waals surface area contributed by atoms with Crippen LogP contribution in [0.15, 0.2) is 66.7 Å². The van der Waals surface area contributed by atoms with E-state index >= 15 is 0 Å². The Hall–Kier alpha value is -3.75. The van der Waals surface area contributed by atoms with Crippen LogP contribution in [0.25, 0.3) is 0 Å². The first-order chi connectivity index (χ1) is 17.3. The molecular weight excluding hydrogens is 464 g/mol. The SMILES string of the molecule is COc1ccc([C@@]23Oc4cc(OC)cc(OC)c4[C@]2(O)[C@H](O)[C@H](CC(=O)O)[C@H]3c2ccccc2)cc1. The molecule has 3 N–H and O–H groups in total. The summed E-state index contributed by atoms with van der Waals surface area (Å²) in [6.07, 6.45) is -1.87. The third-order valence-corrected chi connectivity index (χ3v) is 7.50. The number of carboxylic acid groups (broad SMARTS) is 1. The van der Waals surface area contributed by atoms with Crippen LogP contribution in [0.4, 0.5) is 0 Å². The summed E-state index contributed by atoms with van der Waals surface area (Å²) >= 11 is 0. The summed E-state index contributed by atoms with van der Waals surface area (Å²) in [6.45, 7) is 0. The number of aliphatic hydroxyl groups is 2. The molecule has 0 spiro atoms. The summed E-state index contributed by atoms with van der Waals surface area (Å²) in [5.41, 5.74) is -2.09. The molecule has 0 radical (unpaired) electrons. The molecule has 0 bridgehead atoms. The quantitative estimate of drug-likeness (QED) is 0.460. The van der Waals surface area contributed by atoms with Crippen molar-refractivity contribution in [3.63, 3.8) is 0 Å². The average molecular weight is 493 g/mol. The summed E-state index contributed by atoms with van der Waals surface area (Å²) in [4.78, 5) is 12.0. The molecule has 5 atom stereocenters. The van der Waals surface area contributed by atoms with Crippen molar-refractivity contribution in [2.75, 3.05) is 21.3 Å². The third kappa shape index (κ3) is 3.18. The summed E-state index contributed by atoms with van der Waals surface area (Å²) in [6, 6.07) is 19.5. The first-order valence-corrected chi connectivity index (χ1v) is 11.6. The zero-order chi connectivity index (χ0) is 25.7.